The number of fused-ring (bicyclic) bond motifs is 1. The number of pyridine rings is 1. The van der Waals surface area contributed by atoms with E-state index >= 15 is 0 Å². The molecule has 0 saturated carbocycles. The summed E-state index contributed by atoms with van der Waals surface area (Å²) in [7, 11) is 1.97. The number of aryl methyl sites for hydroxylation is 1. The molecular formula is C29H28AsClN5S. The molecule has 1 saturated heterocycles. The number of allylic oxidation sites excluding steroid dienone is 1. The van der Waals surface area contributed by atoms with Gasteiger partial charge in [0.1, 0.15) is 0 Å². The summed E-state index contributed by atoms with van der Waals surface area (Å²) in [6.45, 7) is 3.71. The maximum absolute atomic E-state index is 9.80. The third kappa shape index (κ3) is 6.48. The van der Waals surface area contributed by atoms with Gasteiger partial charge in [0, 0.05) is 0 Å². The van der Waals surface area contributed by atoms with Crippen LogP contribution < -0.4 is 8.70 Å². The van der Waals surface area contributed by atoms with Crippen molar-refractivity contribution < 1.29 is 0 Å². The van der Waals surface area contributed by atoms with Gasteiger partial charge in [-0.1, -0.05) is 0 Å². The van der Waals surface area contributed by atoms with Gasteiger partial charge >= 0.3 is 222 Å². The summed E-state index contributed by atoms with van der Waals surface area (Å²) in [6.07, 6.45) is 14.8. The van der Waals surface area contributed by atoms with Crippen LogP contribution in [0.15, 0.2) is 71.1 Å². The van der Waals surface area contributed by atoms with E-state index in [4.69, 9.17) is 11.6 Å². The van der Waals surface area contributed by atoms with Crippen LogP contribution in [0, 0.1) is 11.3 Å². The summed E-state index contributed by atoms with van der Waals surface area (Å²) >= 11 is 7.77. The van der Waals surface area contributed by atoms with Crippen LogP contribution in [-0.4, -0.2) is 54.8 Å². The summed E-state index contributed by atoms with van der Waals surface area (Å²) in [4.78, 5) is 12.5. The maximum atomic E-state index is 9.80. The number of nitriles is 1. The topological polar surface area (TPSA) is 57.7 Å². The number of hydrogen-bond acceptors (Lipinski definition) is 5. The molecule has 4 aromatic rings. The molecule has 0 unspecified atom stereocenters. The van der Waals surface area contributed by atoms with E-state index in [1.165, 1.54) is 38.9 Å². The number of hydrogen-bond donors (Lipinski definition) is 0. The van der Waals surface area contributed by atoms with Crippen LogP contribution in [-0.2, 0) is 7.05 Å². The summed E-state index contributed by atoms with van der Waals surface area (Å²) in [5.41, 5.74) is 2.71. The normalized spacial score (nSPS) is 14.4. The number of benzene rings is 2. The van der Waals surface area contributed by atoms with Crippen LogP contribution in [0.4, 0.5) is 0 Å². The van der Waals surface area contributed by atoms with Crippen molar-refractivity contribution in [1.82, 2.24) is 19.4 Å². The monoisotopic (exact) mass is 588 g/mol. The zero-order valence-electron chi connectivity index (χ0n) is 20.8. The fraction of sp³-hybridized carbons (Fsp3) is 0.276. The first kappa shape index (κ1) is 26.1. The first-order valence-electron chi connectivity index (χ1n) is 12.5. The fourth-order valence-electron chi connectivity index (χ4n) is 4.48. The number of aromatic nitrogens is 3. The molecule has 2 aromatic heterocycles. The Morgan fingerprint density at radius 2 is 2.03 bits per heavy atom. The van der Waals surface area contributed by atoms with Gasteiger partial charge in [0.2, 0.25) is 0 Å². The van der Waals surface area contributed by atoms with E-state index < -0.39 is 15.8 Å². The Morgan fingerprint density at radius 1 is 1.16 bits per heavy atom. The minimum atomic E-state index is -0.438. The fourth-order valence-corrected chi connectivity index (χ4v) is 8.14. The second-order valence-electron chi connectivity index (χ2n) is 9.15. The van der Waals surface area contributed by atoms with Crippen molar-refractivity contribution in [3.8, 4) is 6.07 Å². The molecule has 0 atom stereocenters. The first-order valence-corrected chi connectivity index (χ1v) is 15.6. The molecule has 0 amide bonds. The van der Waals surface area contributed by atoms with Gasteiger partial charge in [-0.25, -0.2) is 0 Å². The zero-order valence-corrected chi connectivity index (χ0v) is 24.2. The Bertz CT molecular complexity index is 1470. The van der Waals surface area contributed by atoms with Crippen LogP contribution in [0.5, 0.6) is 0 Å². The number of unbranched alkanes of at least 4 members (excludes halogenated alkanes) is 1. The molecule has 2 aromatic carbocycles. The summed E-state index contributed by atoms with van der Waals surface area (Å²) in [6, 6.07) is 14.9. The second kappa shape index (κ2) is 12.3. The molecule has 8 heteroatoms. The summed E-state index contributed by atoms with van der Waals surface area (Å²) in [5, 5.41) is 12.4. The van der Waals surface area contributed by atoms with E-state index in [1.54, 1.807) is 24.2 Å². The van der Waals surface area contributed by atoms with Crippen LogP contribution in [0.2, 0.25) is 5.02 Å². The van der Waals surface area contributed by atoms with Gasteiger partial charge in [0.25, 0.3) is 0 Å². The minimum absolute atomic E-state index is 0.438. The van der Waals surface area contributed by atoms with Gasteiger partial charge in [-0.3, -0.25) is 0 Å². The van der Waals surface area contributed by atoms with Crippen molar-refractivity contribution in [3.63, 3.8) is 0 Å². The molecule has 5 nitrogen and oxygen atoms in total. The number of imidazole rings is 1. The van der Waals surface area contributed by atoms with Gasteiger partial charge in [0.15, 0.2) is 0 Å². The van der Waals surface area contributed by atoms with Gasteiger partial charge in [0.05, 0.1) is 0 Å². The van der Waals surface area contributed by atoms with E-state index in [2.05, 4.69) is 63.4 Å². The molecule has 1 fully saturated rings. The SMILES string of the molecule is Cn1ccnc1Sc1ccc([As]c2c(C#N)cnc3cc(C=CCCCN4CCCC4)ccc23)cc1Cl. The van der Waals surface area contributed by atoms with E-state index in [9.17, 15) is 5.26 Å². The van der Waals surface area contributed by atoms with Crippen LogP contribution in [0.25, 0.3) is 17.0 Å². The van der Waals surface area contributed by atoms with E-state index in [-0.39, 0.29) is 0 Å². The molecule has 1 aliphatic heterocycles. The van der Waals surface area contributed by atoms with Gasteiger partial charge < -0.3 is 0 Å². The van der Waals surface area contributed by atoms with Crippen molar-refractivity contribution in [3.05, 3.63) is 77.2 Å². The molecule has 0 aliphatic carbocycles. The second-order valence-corrected chi connectivity index (χ2v) is 13.1. The van der Waals surface area contributed by atoms with Crippen molar-refractivity contribution in [1.29, 1.82) is 5.26 Å². The summed E-state index contributed by atoms with van der Waals surface area (Å²) in [5.74, 6) is 0. The first-order chi connectivity index (χ1) is 18.1. The van der Waals surface area contributed by atoms with Crippen molar-refractivity contribution in [2.75, 3.05) is 19.6 Å². The quantitative estimate of drug-likeness (QED) is 0.199. The van der Waals surface area contributed by atoms with E-state index in [1.807, 2.05) is 23.9 Å². The van der Waals surface area contributed by atoms with E-state index in [0.717, 1.165) is 41.6 Å². The van der Waals surface area contributed by atoms with E-state index in [0.29, 0.717) is 10.6 Å². The molecule has 37 heavy (non-hydrogen) atoms. The van der Waals surface area contributed by atoms with Crippen molar-refractivity contribution >= 4 is 64.8 Å². The predicted molar refractivity (Wildman–Crippen MR) is 154 cm³/mol. The molecule has 5 rings (SSSR count). The molecule has 187 valence electrons. The third-order valence-corrected chi connectivity index (χ3v) is 10.7. The van der Waals surface area contributed by atoms with Gasteiger partial charge in [-0.2, -0.15) is 0 Å². The number of rotatable bonds is 9. The predicted octanol–water partition coefficient (Wildman–Crippen LogP) is 5.19. The standard InChI is InChI=1S/C29H28AsClN5S/c1-35-16-12-33-29(35)37-27-11-9-23(18-25(27)31)30-28-22(19-32)20-34-26-17-21(8-10-24(26)28)7-3-2-4-13-36-14-5-6-15-36/h3,7-12,16-18,20H,2,4-6,13-15H2,1H3. The average molecular weight is 589 g/mol. The molecule has 1 radical (unpaired) electrons. The molecule has 0 bridgehead atoms. The Morgan fingerprint density at radius 3 is 2.78 bits per heavy atom. The van der Waals surface area contributed by atoms with Gasteiger partial charge in [-0.05, 0) is 12.8 Å². The number of nitrogens with zero attached hydrogens (tertiary/aromatic N) is 5. The van der Waals surface area contributed by atoms with Crippen LogP contribution >= 0.6 is 23.4 Å². The average Bonchev–Trinajstić information content (AvgIpc) is 3.57. The third-order valence-electron chi connectivity index (χ3n) is 6.47. The molecule has 0 N–H and O–H groups in total. The Labute approximate surface area is 234 Å². The Balaban J connectivity index is 1.31. The molecule has 3 heterocycles. The zero-order chi connectivity index (χ0) is 25.6. The van der Waals surface area contributed by atoms with Crippen molar-refractivity contribution in [2.45, 2.75) is 35.7 Å². The number of likely N-dealkylation sites (tertiary alicyclic amines) is 1. The Hall–Kier alpha value is -2.55. The van der Waals surface area contributed by atoms with Gasteiger partial charge in [-0.15, -0.1) is 0 Å². The Kier molecular flexibility index (Phi) is 8.69. The van der Waals surface area contributed by atoms with Crippen LogP contribution in [0.3, 0.4) is 0 Å². The number of halogens is 1. The molecular weight excluding hydrogens is 561 g/mol. The van der Waals surface area contributed by atoms with Crippen LogP contribution in [0.1, 0.15) is 36.8 Å². The van der Waals surface area contributed by atoms with Crippen molar-refractivity contribution in [2.24, 2.45) is 7.05 Å². The molecule has 0 spiro atoms. The summed E-state index contributed by atoms with van der Waals surface area (Å²) < 4.78 is 4.20. The molecule has 1 aliphatic rings.